The highest BCUT2D eigenvalue weighted by Crippen LogP contribution is 2.46. The van der Waals surface area contributed by atoms with Crippen LogP contribution < -0.4 is 5.32 Å². The van der Waals surface area contributed by atoms with Gasteiger partial charge in [-0.2, -0.15) is 0 Å². The fraction of sp³-hybridized carbons (Fsp3) is 0.556. The predicted octanol–water partition coefficient (Wildman–Crippen LogP) is 5.26. The Balaban J connectivity index is 1.85. The molecule has 1 radical (unpaired) electrons. The first-order valence-corrected chi connectivity index (χ1v) is 7.88. The number of benzene rings is 1. The summed E-state index contributed by atoms with van der Waals surface area (Å²) in [5, 5.41) is 4.84. The maximum absolute atomic E-state index is 4.84. The van der Waals surface area contributed by atoms with Crippen molar-refractivity contribution >= 4 is 11.3 Å². The minimum absolute atomic E-state index is 1.19. The molecule has 1 nitrogen and oxygen atoms in total. The van der Waals surface area contributed by atoms with Crippen LogP contribution in [0.4, 0.5) is 5.69 Å². The molecule has 0 N–H and O–H groups in total. The summed E-state index contributed by atoms with van der Waals surface area (Å²) in [4.78, 5) is 0. The monoisotopic (exact) mass is 254 g/mol. The van der Waals surface area contributed by atoms with Gasteiger partial charge in [-0.25, -0.2) is 0 Å². The molecule has 0 unspecified atom stereocenters. The molecule has 0 saturated heterocycles. The molecule has 0 saturated carbocycles. The van der Waals surface area contributed by atoms with Crippen molar-refractivity contribution in [1.82, 2.24) is 5.32 Å². The summed E-state index contributed by atoms with van der Waals surface area (Å²) in [6.45, 7) is 4.54. The van der Waals surface area contributed by atoms with Gasteiger partial charge in [-0.1, -0.05) is 32.3 Å². The lowest BCUT2D eigenvalue weighted by atomic mass is 9.91. The Bertz CT molecular complexity index is 511. The lowest BCUT2D eigenvalue weighted by molar-refractivity contribution is 0.665. The molecule has 0 amide bonds. The quantitative estimate of drug-likeness (QED) is 0.636. The number of aryl methyl sites for hydroxylation is 1. The van der Waals surface area contributed by atoms with Crippen molar-refractivity contribution in [1.29, 1.82) is 0 Å². The molecule has 0 aromatic heterocycles. The van der Waals surface area contributed by atoms with E-state index in [1.165, 1.54) is 73.9 Å². The van der Waals surface area contributed by atoms with E-state index in [2.05, 4.69) is 26.0 Å². The van der Waals surface area contributed by atoms with Gasteiger partial charge >= 0.3 is 0 Å². The van der Waals surface area contributed by atoms with E-state index >= 15 is 0 Å². The van der Waals surface area contributed by atoms with Gasteiger partial charge in [0.25, 0.3) is 0 Å². The van der Waals surface area contributed by atoms with Crippen LogP contribution in [0.1, 0.15) is 68.6 Å². The molecule has 1 aliphatic heterocycles. The van der Waals surface area contributed by atoms with E-state index in [1.807, 2.05) is 0 Å². The normalized spacial score (nSPS) is 16.5. The zero-order valence-corrected chi connectivity index (χ0v) is 12.3. The largest absolute Gasteiger partial charge is 0.253 e. The van der Waals surface area contributed by atoms with Gasteiger partial charge in [0.2, 0.25) is 0 Å². The molecular weight excluding hydrogens is 230 g/mol. The average molecular weight is 254 g/mol. The highest BCUT2D eigenvalue weighted by atomic mass is 14.9. The van der Waals surface area contributed by atoms with Crippen LogP contribution >= 0.6 is 0 Å². The Labute approximate surface area is 117 Å². The summed E-state index contributed by atoms with van der Waals surface area (Å²) in [6, 6.07) is 4.48. The van der Waals surface area contributed by atoms with Gasteiger partial charge in [-0.05, 0) is 61.8 Å². The fourth-order valence-corrected chi connectivity index (χ4v) is 3.49. The first-order valence-electron chi connectivity index (χ1n) is 7.88. The molecule has 0 spiro atoms. The summed E-state index contributed by atoms with van der Waals surface area (Å²) in [5.41, 5.74) is 8.78. The Kier molecular flexibility index (Phi) is 3.63. The van der Waals surface area contributed by atoms with Gasteiger partial charge in [-0.3, -0.25) is 5.32 Å². The summed E-state index contributed by atoms with van der Waals surface area (Å²) in [6.07, 6.45) is 10.4. The SMILES string of the molecule is CCCCCCc1c(C)ccc2c1C1=C(CCC1)[N]2. The van der Waals surface area contributed by atoms with Crippen molar-refractivity contribution < 1.29 is 0 Å². The summed E-state index contributed by atoms with van der Waals surface area (Å²) < 4.78 is 0. The zero-order chi connectivity index (χ0) is 13.2. The van der Waals surface area contributed by atoms with E-state index < -0.39 is 0 Å². The summed E-state index contributed by atoms with van der Waals surface area (Å²) in [5.74, 6) is 0. The second-order valence-corrected chi connectivity index (χ2v) is 5.96. The fourth-order valence-electron chi connectivity index (χ4n) is 3.49. The van der Waals surface area contributed by atoms with Crippen LogP contribution in [0, 0.1) is 6.92 Å². The molecule has 1 heterocycles. The standard InChI is InChI=1S/C18H24N/c1-3-4-5-6-8-14-13(2)11-12-17-18(14)15-9-7-10-16(15)19-17/h11-12H,3-10H2,1-2H3. The molecule has 0 bridgehead atoms. The number of unbranched alkanes of at least 4 members (excludes halogenated alkanes) is 3. The van der Waals surface area contributed by atoms with Gasteiger partial charge < -0.3 is 0 Å². The maximum Gasteiger partial charge on any atom is 0.0711 e. The lowest BCUT2D eigenvalue weighted by Crippen LogP contribution is -1.98. The number of fused-ring (bicyclic) bond motifs is 2. The van der Waals surface area contributed by atoms with Gasteiger partial charge in [0.05, 0.1) is 5.69 Å². The molecule has 0 fully saturated rings. The minimum Gasteiger partial charge on any atom is -0.253 e. The van der Waals surface area contributed by atoms with Crippen LogP contribution in [0.2, 0.25) is 0 Å². The Morgan fingerprint density at radius 1 is 1.11 bits per heavy atom. The molecular formula is C18H24N. The van der Waals surface area contributed by atoms with E-state index in [0.29, 0.717) is 0 Å². The van der Waals surface area contributed by atoms with Crippen molar-refractivity contribution in [2.45, 2.75) is 65.2 Å². The van der Waals surface area contributed by atoms with Crippen molar-refractivity contribution in [2.24, 2.45) is 0 Å². The molecule has 19 heavy (non-hydrogen) atoms. The molecule has 101 valence electrons. The third-order valence-corrected chi connectivity index (χ3v) is 4.55. The number of allylic oxidation sites excluding steroid dienone is 2. The Morgan fingerprint density at radius 2 is 2.00 bits per heavy atom. The summed E-state index contributed by atoms with van der Waals surface area (Å²) in [7, 11) is 0. The van der Waals surface area contributed by atoms with E-state index in [-0.39, 0.29) is 0 Å². The van der Waals surface area contributed by atoms with Crippen LogP contribution in [0.25, 0.3) is 5.57 Å². The molecule has 1 heteroatoms. The number of hydrogen-bond acceptors (Lipinski definition) is 0. The van der Waals surface area contributed by atoms with Crippen LogP contribution in [0.15, 0.2) is 17.8 Å². The van der Waals surface area contributed by atoms with Crippen LogP contribution in [-0.2, 0) is 6.42 Å². The van der Waals surface area contributed by atoms with E-state index in [0.717, 1.165) is 0 Å². The highest BCUT2D eigenvalue weighted by Gasteiger charge is 2.29. The molecule has 2 aliphatic rings. The highest BCUT2D eigenvalue weighted by molar-refractivity contribution is 5.85. The van der Waals surface area contributed by atoms with Gasteiger partial charge in [-0.15, -0.1) is 0 Å². The van der Waals surface area contributed by atoms with Crippen LogP contribution in [0.3, 0.4) is 0 Å². The average Bonchev–Trinajstić information content (AvgIpc) is 2.97. The van der Waals surface area contributed by atoms with Crippen LogP contribution in [0.5, 0.6) is 0 Å². The Morgan fingerprint density at radius 3 is 2.84 bits per heavy atom. The molecule has 1 aromatic carbocycles. The van der Waals surface area contributed by atoms with E-state index in [4.69, 9.17) is 5.32 Å². The van der Waals surface area contributed by atoms with Crippen LogP contribution in [-0.4, -0.2) is 0 Å². The third-order valence-electron chi connectivity index (χ3n) is 4.55. The van der Waals surface area contributed by atoms with Crippen molar-refractivity contribution in [3.63, 3.8) is 0 Å². The summed E-state index contributed by atoms with van der Waals surface area (Å²) >= 11 is 0. The first-order chi connectivity index (χ1) is 9.31. The van der Waals surface area contributed by atoms with Gasteiger partial charge in [0, 0.05) is 11.3 Å². The topological polar surface area (TPSA) is 14.1 Å². The molecule has 0 atom stereocenters. The third kappa shape index (κ3) is 2.31. The minimum atomic E-state index is 1.19. The predicted molar refractivity (Wildman–Crippen MR) is 81.6 cm³/mol. The zero-order valence-electron chi connectivity index (χ0n) is 12.3. The molecule has 3 rings (SSSR count). The molecule has 1 aromatic rings. The van der Waals surface area contributed by atoms with E-state index in [9.17, 15) is 0 Å². The maximum atomic E-state index is 4.84. The number of hydrogen-bond donors (Lipinski definition) is 0. The lowest BCUT2D eigenvalue weighted by Gasteiger charge is -2.13. The van der Waals surface area contributed by atoms with Gasteiger partial charge in [0.1, 0.15) is 0 Å². The van der Waals surface area contributed by atoms with Crippen molar-refractivity contribution in [3.05, 3.63) is 34.5 Å². The smallest absolute Gasteiger partial charge is 0.0711 e. The second-order valence-electron chi connectivity index (χ2n) is 5.96. The number of rotatable bonds is 5. The van der Waals surface area contributed by atoms with Crippen molar-refractivity contribution in [2.75, 3.05) is 0 Å². The van der Waals surface area contributed by atoms with Crippen molar-refractivity contribution in [3.8, 4) is 0 Å². The number of nitrogens with zero attached hydrogens (tertiary/aromatic N) is 1. The van der Waals surface area contributed by atoms with E-state index in [1.54, 1.807) is 11.1 Å². The first kappa shape index (κ1) is 12.8. The van der Waals surface area contributed by atoms with Gasteiger partial charge in [0.15, 0.2) is 0 Å². The molecule has 1 aliphatic carbocycles. The second kappa shape index (κ2) is 5.40. The Hall–Kier alpha value is -1.24.